The Morgan fingerprint density at radius 1 is 1.13 bits per heavy atom. The standard InChI is InChI=1S/C29H39N3O6S/c1-20-17-32(21(2)19-33)29(35)24-15-10-16-25(30-28(34)22-11-6-4-7-12-22)27(24)38-26(20)18-31(3)39(36,37)23-13-8-5-9-14-23/h5,8-10,13-16,20-22,26,33H,4,6-7,11-12,17-19H2,1-3H3,(H,30,34)/t20-,21+,26-/m1/s1. The number of carbonyl (C=O) groups excluding carboxylic acids is 2. The average molecular weight is 558 g/mol. The molecule has 0 radical (unpaired) electrons. The molecule has 0 unspecified atom stereocenters. The second kappa shape index (κ2) is 12.5. The van der Waals surface area contributed by atoms with Crippen molar-refractivity contribution >= 4 is 27.5 Å². The number of likely N-dealkylation sites (N-methyl/N-ethyl adjacent to an activating group) is 1. The number of aliphatic hydroxyl groups excluding tert-OH is 1. The van der Waals surface area contributed by atoms with Crippen LogP contribution in [0.2, 0.25) is 0 Å². The highest BCUT2D eigenvalue weighted by molar-refractivity contribution is 7.89. The smallest absolute Gasteiger partial charge is 0.258 e. The van der Waals surface area contributed by atoms with Crippen LogP contribution in [0.1, 0.15) is 56.3 Å². The van der Waals surface area contributed by atoms with Gasteiger partial charge in [0.25, 0.3) is 5.91 Å². The maximum Gasteiger partial charge on any atom is 0.258 e. The number of benzene rings is 2. The normalized spacial score (nSPS) is 21.5. The highest BCUT2D eigenvalue weighted by atomic mass is 32.2. The van der Waals surface area contributed by atoms with Crippen molar-refractivity contribution in [3.8, 4) is 5.75 Å². The van der Waals surface area contributed by atoms with Crippen LogP contribution in [-0.2, 0) is 14.8 Å². The van der Waals surface area contributed by atoms with Crippen molar-refractivity contribution in [2.45, 2.75) is 63.0 Å². The molecule has 3 atom stereocenters. The Kier molecular flexibility index (Phi) is 9.30. The Balaban J connectivity index is 1.69. The van der Waals surface area contributed by atoms with Crippen LogP contribution >= 0.6 is 0 Å². The minimum Gasteiger partial charge on any atom is -0.486 e. The lowest BCUT2D eigenvalue weighted by Crippen LogP contribution is -2.50. The summed E-state index contributed by atoms with van der Waals surface area (Å²) in [6.07, 6.45) is 4.15. The molecule has 1 fully saturated rings. The zero-order chi connectivity index (χ0) is 28.2. The van der Waals surface area contributed by atoms with E-state index in [1.165, 1.54) is 11.4 Å². The van der Waals surface area contributed by atoms with Crippen molar-refractivity contribution in [1.29, 1.82) is 0 Å². The molecule has 2 aromatic rings. The van der Waals surface area contributed by atoms with E-state index in [9.17, 15) is 23.1 Å². The van der Waals surface area contributed by atoms with Crippen LogP contribution in [0.25, 0.3) is 0 Å². The van der Waals surface area contributed by atoms with Gasteiger partial charge in [0, 0.05) is 25.4 Å². The zero-order valence-corrected chi connectivity index (χ0v) is 23.7. The van der Waals surface area contributed by atoms with Crippen LogP contribution in [0.5, 0.6) is 5.75 Å². The molecule has 0 bridgehead atoms. The summed E-state index contributed by atoms with van der Waals surface area (Å²) in [5.74, 6) is -0.567. The van der Waals surface area contributed by atoms with Crippen LogP contribution in [0.3, 0.4) is 0 Å². The number of nitrogens with zero attached hydrogens (tertiary/aromatic N) is 2. The molecule has 212 valence electrons. The molecule has 0 spiro atoms. The number of amides is 2. The first-order chi connectivity index (χ1) is 18.6. The van der Waals surface area contributed by atoms with E-state index in [-0.39, 0.29) is 59.6 Å². The molecule has 1 aliphatic carbocycles. The van der Waals surface area contributed by atoms with Crippen molar-refractivity contribution in [2.24, 2.45) is 11.8 Å². The third-order valence-corrected chi connectivity index (χ3v) is 9.65. The van der Waals surface area contributed by atoms with Crippen LogP contribution in [-0.4, -0.2) is 73.4 Å². The van der Waals surface area contributed by atoms with Crippen LogP contribution in [0.15, 0.2) is 53.4 Å². The summed E-state index contributed by atoms with van der Waals surface area (Å²) in [5.41, 5.74) is 0.655. The van der Waals surface area contributed by atoms with Gasteiger partial charge in [-0.3, -0.25) is 9.59 Å². The van der Waals surface area contributed by atoms with E-state index in [0.717, 1.165) is 32.1 Å². The summed E-state index contributed by atoms with van der Waals surface area (Å²) in [4.78, 5) is 28.6. The largest absolute Gasteiger partial charge is 0.486 e. The van der Waals surface area contributed by atoms with Gasteiger partial charge in [0.2, 0.25) is 15.9 Å². The Morgan fingerprint density at radius 2 is 1.82 bits per heavy atom. The van der Waals surface area contributed by atoms with Crippen molar-refractivity contribution in [3.63, 3.8) is 0 Å². The molecular weight excluding hydrogens is 518 g/mol. The lowest BCUT2D eigenvalue weighted by Gasteiger charge is -2.38. The molecule has 0 saturated heterocycles. The summed E-state index contributed by atoms with van der Waals surface area (Å²) in [6.45, 7) is 3.73. The maximum absolute atomic E-state index is 13.7. The molecule has 2 amide bonds. The van der Waals surface area contributed by atoms with Gasteiger partial charge in [0.15, 0.2) is 5.75 Å². The van der Waals surface area contributed by atoms with Gasteiger partial charge in [-0.25, -0.2) is 8.42 Å². The van der Waals surface area contributed by atoms with Gasteiger partial charge in [-0.2, -0.15) is 4.31 Å². The molecule has 4 rings (SSSR count). The third-order valence-electron chi connectivity index (χ3n) is 7.81. The summed E-state index contributed by atoms with van der Waals surface area (Å²) < 4.78 is 34.3. The van der Waals surface area contributed by atoms with Crippen molar-refractivity contribution < 1.29 is 27.9 Å². The first-order valence-electron chi connectivity index (χ1n) is 13.7. The summed E-state index contributed by atoms with van der Waals surface area (Å²) >= 11 is 0. The molecule has 39 heavy (non-hydrogen) atoms. The topological polar surface area (TPSA) is 116 Å². The molecule has 1 aliphatic heterocycles. The first kappa shape index (κ1) is 29.0. The SMILES string of the molecule is C[C@@H]1CN([C@@H](C)CO)C(=O)c2cccc(NC(=O)C3CCCCC3)c2O[C@@H]1CN(C)S(=O)(=O)c1ccccc1. The fourth-order valence-corrected chi connectivity index (χ4v) is 6.49. The van der Waals surface area contributed by atoms with Crippen molar-refractivity contribution in [1.82, 2.24) is 9.21 Å². The number of hydrogen-bond acceptors (Lipinski definition) is 6. The van der Waals surface area contributed by atoms with E-state index in [4.69, 9.17) is 4.74 Å². The van der Waals surface area contributed by atoms with Gasteiger partial charge in [-0.05, 0) is 44.0 Å². The molecule has 9 nitrogen and oxygen atoms in total. The number of anilines is 1. The highest BCUT2D eigenvalue weighted by Crippen LogP contribution is 2.36. The average Bonchev–Trinajstić information content (AvgIpc) is 2.95. The Labute approximate surface area is 231 Å². The molecule has 1 heterocycles. The molecule has 2 N–H and O–H groups in total. The number of rotatable bonds is 8. The summed E-state index contributed by atoms with van der Waals surface area (Å²) in [5, 5.41) is 12.9. The van der Waals surface area contributed by atoms with Gasteiger partial charge in [0.05, 0.1) is 35.3 Å². The fraction of sp³-hybridized carbons (Fsp3) is 0.517. The van der Waals surface area contributed by atoms with Crippen molar-refractivity contribution in [3.05, 3.63) is 54.1 Å². The molecular formula is C29H39N3O6S. The number of carbonyl (C=O) groups is 2. The third kappa shape index (κ3) is 6.45. The Bertz CT molecular complexity index is 1260. The van der Waals surface area contributed by atoms with Crippen LogP contribution in [0.4, 0.5) is 5.69 Å². The van der Waals surface area contributed by atoms with E-state index >= 15 is 0 Å². The fourth-order valence-electron chi connectivity index (χ4n) is 5.28. The number of ether oxygens (including phenoxy) is 1. The minimum absolute atomic E-state index is 0.0261. The molecule has 1 saturated carbocycles. The number of para-hydroxylation sites is 1. The van der Waals surface area contributed by atoms with Crippen LogP contribution in [0, 0.1) is 11.8 Å². The van der Waals surface area contributed by atoms with Gasteiger partial charge >= 0.3 is 0 Å². The zero-order valence-electron chi connectivity index (χ0n) is 22.9. The lowest BCUT2D eigenvalue weighted by molar-refractivity contribution is -0.120. The van der Waals surface area contributed by atoms with Gasteiger partial charge in [-0.15, -0.1) is 0 Å². The molecule has 10 heteroatoms. The van der Waals surface area contributed by atoms with E-state index in [0.29, 0.717) is 5.69 Å². The number of nitrogens with one attached hydrogen (secondary N) is 1. The minimum atomic E-state index is -3.79. The summed E-state index contributed by atoms with van der Waals surface area (Å²) in [7, 11) is -2.28. The number of sulfonamides is 1. The van der Waals surface area contributed by atoms with Gasteiger partial charge in [-0.1, -0.05) is 50.5 Å². The predicted octanol–water partition coefficient (Wildman–Crippen LogP) is 3.75. The summed E-state index contributed by atoms with van der Waals surface area (Å²) in [6, 6.07) is 12.8. The number of hydrogen-bond donors (Lipinski definition) is 2. The van der Waals surface area contributed by atoms with E-state index < -0.39 is 22.2 Å². The highest BCUT2D eigenvalue weighted by Gasteiger charge is 2.36. The second-order valence-corrected chi connectivity index (χ2v) is 12.8. The maximum atomic E-state index is 13.7. The lowest BCUT2D eigenvalue weighted by atomic mass is 9.88. The van der Waals surface area contributed by atoms with Gasteiger partial charge in [0.1, 0.15) is 6.10 Å². The number of aliphatic hydroxyl groups is 1. The monoisotopic (exact) mass is 557 g/mol. The van der Waals surface area contributed by atoms with E-state index in [1.54, 1.807) is 60.4 Å². The van der Waals surface area contributed by atoms with E-state index in [1.807, 2.05) is 6.92 Å². The Hall–Kier alpha value is -2.95. The van der Waals surface area contributed by atoms with E-state index in [2.05, 4.69) is 5.32 Å². The Morgan fingerprint density at radius 3 is 2.49 bits per heavy atom. The number of fused-ring (bicyclic) bond motifs is 1. The van der Waals surface area contributed by atoms with Crippen LogP contribution < -0.4 is 10.1 Å². The quantitative estimate of drug-likeness (QED) is 0.511. The van der Waals surface area contributed by atoms with Crippen molar-refractivity contribution in [2.75, 3.05) is 32.1 Å². The second-order valence-electron chi connectivity index (χ2n) is 10.7. The first-order valence-corrected chi connectivity index (χ1v) is 15.1. The molecule has 2 aromatic carbocycles. The predicted molar refractivity (Wildman–Crippen MR) is 149 cm³/mol. The molecule has 0 aromatic heterocycles. The molecule has 2 aliphatic rings. The van der Waals surface area contributed by atoms with Gasteiger partial charge < -0.3 is 20.1 Å².